The number of primary sulfonamides is 1. The summed E-state index contributed by atoms with van der Waals surface area (Å²) in [6.45, 7) is 1.64. The fourth-order valence-electron chi connectivity index (χ4n) is 1.25. The number of nitrogens with two attached hydrogens (primary N) is 1. The molecule has 0 spiro atoms. The summed E-state index contributed by atoms with van der Waals surface area (Å²) in [6, 6.07) is 6.98. The molecule has 94 valence electrons. The Bertz CT molecular complexity index is 499. The molecule has 4 N–H and O–H groups in total. The Balaban J connectivity index is 2.57. The minimum Gasteiger partial charge on any atom is -0.384 e. The zero-order valence-corrected chi connectivity index (χ0v) is 10.3. The SMILES string of the molecule is CC(=O)Nc1cccc(NCCS(N)(=O)=O)c1. The zero-order valence-electron chi connectivity index (χ0n) is 9.43. The van der Waals surface area contributed by atoms with Gasteiger partial charge in [-0.2, -0.15) is 0 Å². The molecule has 0 aliphatic carbocycles. The number of carbonyl (C=O) groups excluding carboxylic acids is 1. The largest absolute Gasteiger partial charge is 0.384 e. The molecule has 0 radical (unpaired) electrons. The fourth-order valence-corrected chi connectivity index (χ4v) is 1.63. The first-order chi connectivity index (χ1) is 7.87. The summed E-state index contributed by atoms with van der Waals surface area (Å²) in [5.74, 6) is -0.302. The molecule has 0 heterocycles. The van der Waals surface area contributed by atoms with E-state index in [1.165, 1.54) is 6.92 Å². The molecule has 0 unspecified atom stereocenters. The van der Waals surface area contributed by atoms with Crippen molar-refractivity contribution in [3.63, 3.8) is 0 Å². The van der Waals surface area contributed by atoms with E-state index in [2.05, 4.69) is 10.6 Å². The second kappa shape index (κ2) is 5.65. The van der Waals surface area contributed by atoms with Crippen molar-refractivity contribution >= 4 is 27.3 Å². The van der Waals surface area contributed by atoms with Gasteiger partial charge in [0.25, 0.3) is 0 Å². The number of hydrogen-bond acceptors (Lipinski definition) is 4. The van der Waals surface area contributed by atoms with Crippen molar-refractivity contribution < 1.29 is 13.2 Å². The average Bonchev–Trinajstić information content (AvgIpc) is 2.15. The smallest absolute Gasteiger partial charge is 0.221 e. The molecular weight excluding hydrogens is 242 g/mol. The number of anilines is 2. The van der Waals surface area contributed by atoms with Crippen molar-refractivity contribution in [3.05, 3.63) is 24.3 Å². The third-order valence-electron chi connectivity index (χ3n) is 1.90. The molecule has 0 aliphatic rings. The van der Waals surface area contributed by atoms with E-state index >= 15 is 0 Å². The molecule has 0 saturated carbocycles. The lowest BCUT2D eigenvalue weighted by molar-refractivity contribution is -0.114. The maximum atomic E-state index is 10.8. The summed E-state index contributed by atoms with van der Waals surface area (Å²) < 4.78 is 21.4. The first-order valence-corrected chi connectivity index (χ1v) is 6.70. The lowest BCUT2D eigenvalue weighted by Crippen LogP contribution is -2.22. The first-order valence-electron chi connectivity index (χ1n) is 4.99. The van der Waals surface area contributed by atoms with Gasteiger partial charge in [0.05, 0.1) is 5.75 Å². The van der Waals surface area contributed by atoms with Gasteiger partial charge >= 0.3 is 0 Å². The van der Waals surface area contributed by atoms with E-state index in [1.807, 2.05) is 0 Å². The van der Waals surface area contributed by atoms with Gasteiger partial charge in [-0.1, -0.05) is 6.07 Å². The molecule has 0 aliphatic heterocycles. The molecule has 17 heavy (non-hydrogen) atoms. The highest BCUT2D eigenvalue weighted by molar-refractivity contribution is 7.89. The minimum atomic E-state index is -3.46. The van der Waals surface area contributed by atoms with Crippen LogP contribution >= 0.6 is 0 Å². The average molecular weight is 257 g/mol. The second-order valence-electron chi connectivity index (χ2n) is 3.56. The number of hydrogen-bond donors (Lipinski definition) is 3. The Kier molecular flexibility index (Phi) is 4.47. The van der Waals surface area contributed by atoms with E-state index in [4.69, 9.17) is 5.14 Å². The number of amides is 1. The van der Waals surface area contributed by atoms with Crippen molar-refractivity contribution in [2.75, 3.05) is 22.9 Å². The molecule has 1 amide bonds. The predicted octanol–water partition coefficient (Wildman–Crippen LogP) is 0.345. The summed E-state index contributed by atoms with van der Waals surface area (Å²) in [5.41, 5.74) is 1.37. The Morgan fingerprint density at radius 2 is 2.00 bits per heavy atom. The highest BCUT2D eigenvalue weighted by Crippen LogP contribution is 2.14. The highest BCUT2D eigenvalue weighted by Gasteiger charge is 2.02. The Labute approximate surface area is 100 Å². The van der Waals surface area contributed by atoms with Crippen LogP contribution in [0.2, 0.25) is 0 Å². The van der Waals surface area contributed by atoms with Crippen LogP contribution in [0.4, 0.5) is 11.4 Å². The van der Waals surface area contributed by atoms with Crippen LogP contribution in [-0.2, 0) is 14.8 Å². The molecule has 0 atom stereocenters. The number of rotatable bonds is 5. The molecular formula is C10H15N3O3S. The summed E-state index contributed by atoms with van der Waals surface area (Å²) in [6.07, 6.45) is 0. The molecule has 0 aromatic heterocycles. The third-order valence-corrected chi connectivity index (χ3v) is 2.67. The quantitative estimate of drug-likeness (QED) is 0.708. The van der Waals surface area contributed by atoms with Crippen LogP contribution in [0.5, 0.6) is 0 Å². The van der Waals surface area contributed by atoms with Gasteiger partial charge in [0.15, 0.2) is 0 Å². The van der Waals surface area contributed by atoms with Gasteiger partial charge in [-0.25, -0.2) is 13.6 Å². The van der Waals surface area contributed by atoms with Gasteiger partial charge in [0, 0.05) is 24.8 Å². The van der Waals surface area contributed by atoms with Crippen molar-refractivity contribution in [2.24, 2.45) is 5.14 Å². The van der Waals surface area contributed by atoms with Crippen LogP contribution in [0.25, 0.3) is 0 Å². The van der Waals surface area contributed by atoms with Crippen LogP contribution in [0, 0.1) is 0 Å². The fraction of sp³-hybridized carbons (Fsp3) is 0.300. The van der Waals surface area contributed by atoms with E-state index in [1.54, 1.807) is 24.3 Å². The number of nitrogens with one attached hydrogen (secondary N) is 2. The van der Waals surface area contributed by atoms with Crippen LogP contribution in [0.3, 0.4) is 0 Å². The van der Waals surface area contributed by atoms with E-state index in [-0.39, 0.29) is 18.2 Å². The topological polar surface area (TPSA) is 101 Å². The minimum absolute atomic E-state index is 0.142. The van der Waals surface area contributed by atoms with Crippen molar-refractivity contribution in [1.29, 1.82) is 0 Å². The maximum Gasteiger partial charge on any atom is 0.221 e. The number of sulfonamides is 1. The van der Waals surface area contributed by atoms with Gasteiger partial charge in [0.2, 0.25) is 15.9 Å². The van der Waals surface area contributed by atoms with Gasteiger partial charge in [-0.15, -0.1) is 0 Å². The highest BCUT2D eigenvalue weighted by atomic mass is 32.2. The van der Waals surface area contributed by atoms with E-state index in [9.17, 15) is 13.2 Å². The summed E-state index contributed by atoms with van der Waals surface area (Å²) >= 11 is 0. The third kappa shape index (κ3) is 5.88. The molecule has 0 fully saturated rings. The molecule has 7 heteroatoms. The second-order valence-corrected chi connectivity index (χ2v) is 5.29. The molecule has 1 aromatic carbocycles. The maximum absolute atomic E-state index is 10.8. The summed E-state index contributed by atoms with van der Waals surface area (Å²) in [7, 11) is -3.46. The molecule has 1 rings (SSSR count). The molecule has 0 bridgehead atoms. The van der Waals surface area contributed by atoms with Gasteiger partial charge in [-0.3, -0.25) is 4.79 Å². The zero-order chi connectivity index (χ0) is 12.9. The molecule has 0 saturated heterocycles. The Hall–Kier alpha value is -1.60. The van der Waals surface area contributed by atoms with Gasteiger partial charge in [-0.05, 0) is 18.2 Å². The van der Waals surface area contributed by atoms with E-state index in [0.29, 0.717) is 5.69 Å². The summed E-state index contributed by atoms with van der Waals surface area (Å²) in [5, 5.41) is 10.4. The van der Waals surface area contributed by atoms with Gasteiger partial charge in [0.1, 0.15) is 0 Å². The van der Waals surface area contributed by atoms with Crippen LogP contribution in [0.1, 0.15) is 6.92 Å². The van der Waals surface area contributed by atoms with E-state index < -0.39 is 10.0 Å². The van der Waals surface area contributed by atoms with Crippen LogP contribution < -0.4 is 15.8 Å². The van der Waals surface area contributed by atoms with Crippen molar-refractivity contribution in [3.8, 4) is 0 Å². The van der Waals surface area contributed by atoms with E-state index in [0.717, 1.165) is 5.69 Å². The Morgan fingerprint density at radius 3 is 2.59 bits per heavy atom. The number of carbonyl (C=O) groups is 1. The molecule has 1 aromatic rings. The standard InChI is InChI=1S/C10H15N3O3S/c1-8(14)13-10-4-2-3-9(7-10)12-5-6-17(11,15)16/h2-4,7,12H,5-6H2,1H3,(H,13,14)(H2,11,15,16). The van der Waals surface area contributed by atoms with Crippen LogP contribution in [0.15, 0.2) is 24.3 Å². The Morgan fingerprint density at radius 1 is 1.35 bits per heavy atom. The van der Waals surface area contributed by atoms with Crippen LogP contribution in [-0.4, -0.2) is 26.6 Å². The first kappa shape index (κ1) is 13.5. The normalized spacial score (nSPS) is 10.9. The summed E-state index contributed by atoms with van der Waals surface area (Å²) in [4.78, 5) is 10.8. The lowest BCUT2D eigenvalue weighted by Gasteiger charge is -2.07. The monoisotopic (exact) mass is 257 g/mol. The lowest BCUT2D eigenvalue weighted by atomic mass is 10.2. The number of benzene rings is 1. The van der Waals surface area contributed by atoms with Crippen molar-refractivity contribution in [1.82, 2.24) is 0 Å². The van der Waals surface area contributed by atoms with Gasteiger partial charge < -0.3 is 10.6 Å². The molecule has 6 nitrogen and oxygen atoms in total. The van der Waals surface area contributed by atoms with Crippen molar-refractivity contribution in [2.45, 2.75) is 6.92 Å². The predicted molar refractivity (Wildman–Crippen MR) is 67.2 cm³/mol.